The van der Waals surface area contributed by atoms with Gasteiger partial charge in [0.2, 0.25) is 0 Å². The first-order valence-corrected chi connectivity index (χ1v) is 6.17. The number of carbonyl (C=O) groups is 1. The number of rotatable bonds is 1. The van der Waals surface area contributed by atoms with E-state index in [-0.39, 0.29) is 23.0 Å². The molecule has 0 unspecified atom stereocenters. The molecule has 1 amide bonds. The maximum atomic E-state index is 12.3. The van der Waals surface area contributed by atoms with Crippen molar-refractivity contribution in [1.82, 2.24) is 10.2 Å². The second-order valence-corrected chi connectivity index (χ2v) is 5.06. The number of hydrogen-bond acceptors (Lipinski definition) is 4. The van der Waals surface area contributed by atoms with Crippen LogP contribution in [0.15, 0.2) is 18.2 Å². The molecule has 2 atom stereocenters. The Morgan fingerprint density at radius 1 is 1.22 bits per heavy atom. The summed E-state index contributed by atoms with van der Waals surface area (Å²) in [5, 5.41) is 22.5. The van der Waals surface area contributed by atoms with Gasteiger partial charge < -0.3 is 20.4 Å². The van der Waals surface area contributed by atoms with Crippen LogP contribution in [-0.2, 0) is 0 Å². The lowest BCUT2D eigenvalue weighted by Crippen LogP contribution is -2.31. The predicted molar refractivity (Wildman–Crippen MR) is 65.5 cm³/mol. The summed E-state index contributed by atoms with van der Waals surface area (Å²) >= 11 is 0. The number of likely N-dealkylation sites (tertiary alicyclic amines) is 1. The Morgan fingerprint density at radius 2 is 1.89 bits per heavy atom. The average Bonchev–Trinajstić information content (AvgIpc) is 2.92. The van der Waals surface area contributed by atoms with Gasteiger partial charge in [-0.15, -0.1) is 0 Å². The second-order valence-electron chi connectivity index (χ2n) is 5.06. The van der Waals surface area contributed by atoms with Crippen LogP contribution in [0.1, 0.15) is 10.4 Å². The second kappa shape index (κ2) is 4.17. The van der Waals surface area contributed by atoms with E-state index in [1.807, 2.05) is 0 Å². The van der Waals surface area contributed by atoms with Gasteiger partial charge >= 0.3 is 0 Å². The lowest BCUT2D eigenvalue weighted by Gasteiger charge is -2.18. The Balaban J connectivity index is 1.81. The van der Waals surface area contributed by atoms with Crippen molar-refractivity contribution < 1.29 is 15.0 Å². The molecule has 0 spiro atoms. The quantitative estimate of drug-likeness (QED) is 0.629. The summed E-state index contributed by atoms with van der Waals surface area (Å²) in [7, 11) is 0. The molecule has 2 aliphatic heterocycles. The number of aromatic hydroxyl groups is 2. The molecule has 3 rings (SSSR count). The molecule has 3 N–H and O–H groups in total. The molecule has 0 bridgehead atoms. The standard InChI is InChI=1S/C13H16N2O3/c16-11-3-1-2-10(12(11)17)13(18)15-6-8-4-14-5-9(8)7-15/h1-3,8-9,14,16-17H,4-7H2/t8-,9+. The topological polar surface area (TPSA) is 72.8 Å². The van der Waals surface area contributed by atoms with Gasteiger partial charge in [-0.2, -0.15) is 0 Å². The van der Waals surface area contributed by atoms with Gasteiger partial charge in [-0.3, -0.25) is 4.79 Å². The maximum Gasteiger partial charge on any atom is 0.257 e. The van der Waals surface area contributed by atoms with Crippen LogP contribution in [0.5, 0.6) is 11.5 Å². The van der Waals surface area contributed by atoms with Crippen molar-refractivity contribution in [3.8, 4) is 11.5 Å². The maximum absolute atomic E-state index is 12.3. The molecule has 96 valence electrons. The van der Waals surface area contributed by atoms with E-state index in [9.17, 15) is 15.0 Å². The minimum Gasteiger partial charge on any atom is -0.504 e. The predicted octanol–water partition coefficient (Wildman–Crippen LogP) is 0.389. The molecule has 1 aromatic carbocycles. The summed E-state index contributed by atoms with van der Waals surface area (Å²) in [6, 6.07) is 4.49. The van der Waals surface area contributed by atoms with Crippen LogP contribution in [0.3, 0.4) is 0 Å². The molecule has 18 heavy (non-hydrogen) atoms. The fraction of sp³-hybridized carbons (Fsp3) is 0.462. The summed E-state index contributed by atoms with van der Waals surface area (Å²) in [4.78, 5) is 14.1. The van der Waals surface area contributed by atoms with E-state index >= 15 is 0 Å². The Hall–Kier alpha value is -1.75. The van der Waals surface area contributed by atoms with Gasteiger partial charge in [0.25, 0.3) is 5.91 Å². The van der Waals surface area contributed by atoms with Crippen LogP contribution in [0.25, 0.3) is 0 Å². The van der Waals surface area contributed by atoms with Gasteiger partial charge in [0.1, 0.15) is 0 Å². The van der Waals surface area contributed by atoms with Gasteiger partial charge in [0.05, 0.1) is 5.56 Å². The zero-order chi connectivity index (χ0) is 12.7. The zero-order valence-corrected chi connectivity index (χ0v) is 9.97. The molecule has 2 saturated heterocycles. The highest BCUT2D eigenvalue weighted by Crippen LogP contribution is 2.32. The Morgan fingerprint density at radius 3 is 2.56 bits per heavy atom. The number of nitrogens with zero attached hydrogens (tertiary/aromatic N) is 1. The van der Waals surface area contributed by atoms with E-state index in [4.69, 9.17) is 0 Å². The minimum atomic E-state index is -0.322. The van der Waals surface area contributed by atoms with Crippen LogP contribution in [-0.4, -0.2) is 47.2 Å². The number of amides is 1. The van der Waals surface area contributed by atoms with Crippen molar-refractivity contribution in [2.45, 2.75) is 0 Å². The first-order chi connectivity index (χ1) is 8.66. The van der Waals surface area contributed by atoms with Crippen molar-refractivity contribution in [3.05, 3.63) is 23.8 Å². The highest BCUT2D eigenvalue weighted by Gasteiger charge is 2.38. The number of phenols is 2. The summed E-state index contributed by atoms with van der Waals surface area (Å²) in [6.07, 6.45) is 0. The van der Waals surface area contributed by atoms with Crippen molar-refractivity contribution in [3.63, 3.8) is 0 Å². The third-order valence-electron chi connectivity index (χ3n) is 3.92. The lowest BCUT2D eigenvalue weighted by molar-refractivity contribution is 0.0778. The molecule has 2 aliphatic rings. The fourth-order valence-electron chi connectivity index (χ4n) is 2.90. The summed E-state index contributed by atoms with van der Waals surface area (Å²) in [6.45, 7) is 3.37. The summed E-state index contributed by atoms with van der Waals surface area (Å²) in [5.74, 6) is 0.277. The van der Waals surface area contributed by atoms with Crippen LogP contribution in [0.2, 0.25) is 0 Å². The molecule has 5 heteroatoms. The van der Waals surface area contributed by atoms with Crippen LogP contribution in [0.4, 0.5) is 0 Å². The van der Waals surface area contributed by atoms with Crippen molar-refractivity contribution in [1.29, 1.82) is 0 Å². The molecular weight excluding hydrogens is 232 g/mol. The highest BCUT2D eigenvalue weighted by molar-refractivity contribution is 5.97. The average molecular weight is 248 g/mol. The van der Waals surface area contributed by atoms with E-state index in [0.717, 1.165) is 26.2 Å². The van der Waals surface area contributed by atoms with E-state index in [0.29, 0.717) is 11.8 Å². The van der Waals surface area contributed by atoms with Gasteiger partial charge in [0.15, 0.2) is 11.5 Å². The van der Waals surface area contributed by atoms with Crippen LogP contribution >= 0.6 is 0 Å². The van der Waals surface area contributed by atoms with Crippen molar-refractivity contribution in [2.75, 3.05) is 26.2 Å². The molecule has 0 aliphatic carbocycles. The Bertz CT molecular complexity index is 477. The largest absolute Gasteiger partial charge is 0.504 e. The van der Waals surface area contributed by atoms with Crippen molar-refractivity contribution in [2.24, 2.45) is 11.8 Å². The first-order valence-electron chi connectivity index (χ1n) is 6.17. The molecular formula is C13H16N2O3. The van der Waals surface area contributed by atoms with Crippen molar-refractivity contribution >= 4 is 5.91 Å². The summed E-state index contributed by atoms with van der Waals surface area (Å²) in [5.41, 5.74) is 0.183. The van der Waals surface area contributed by atoms with E-state index in [1.165, 1.54) is 6.07 Å². The third kappa shape index (κ3) is 1.71. The van der Waals surface area contributed by atoms with Gasteiger partial charge in [-0.1, -0.05) is 6.07 Å². The molecule has 0 radical (unpaired) electrons. The molecule has 0 saturated carbocycles. The number of fused-ring (bicyclic) bond motifs is 1. The summed E-state index contributed by atoms with van der Waals surface area (Å²) < 4.78 is 0. The normalized spacial score (nSPS) is 26.3. The minimum absolute atomic E-state index is 0.183. The Labute approximate surface area is 105 Å². The number of hydrogen-bond donors (Lipinski definition) is 3. The van der Waals surface area contributed by atoms with E-state index in [2.05, 4.69) is 5.32 Å². The monoisotopic (exact) mass is 248 g/mol. The molecule has 1 aromatic rings. The van der Waals surface area contributed by atoms with Crippen LogP contribution in [0, 0.1) is 11.8 Å². The van der Waals surface area contributed by atoms with Crippen LogP contribution < -0.4 is 5.32 Å². The number of nitrogens with one attached hydrogen (secondary N) is 1. The number of benzene rings is 1. The molecule has 2 fully saturated rings. The zero-order valence-electron chi connectivity index (χ0n) is 9.97. The van der Waals surface area contributed by atoms with E-state index < -0.39 is 0 Å². The molecule has 5 nitrogen and oxygen atoms in total. The van der Waals surface area contributed by atoms with Gasteiger partial charge in [-0.25, -0.2) is 0 Å². The Kier molecular flexibility index (Phi) is 2.63. The third-order valence-corrected chi connectivity index (χ3v) is 3.92. The van der Waals surface area contributed by atoms with E-state index in [1.54, 1.807) is 17.0 Å². The highest BCUT2D eigenvalue weighted by atomic mass is 16.3. The number of carbonyl (C=O) groups excluding carboxylic acids is 1. The fourth-order valence-corrected chi connectivity index (χ4v) is 2.90. The molecule has 0 aromatic heterocycles. The SMILES string of the molecule is O=C(c1cccc(O)c1O)N1C[C@H]2CNC[C@H]2C1. The molecule has 2 heterocycles. The lowest BCUT2D eigenvalue weighted by atomic mass is 10.0. The number of phenolic OH excluding ortho intramolecular Hbond substituents is 2. The first kappa shape index (κ1) is 11.3. The van der Waals surface area contributed by atoms with Gasteiger partial charge in [0, 0.05) is 26.2 Å². The van der Waals surface area contributed by atoms with Gasteiger partial charge in [-0.05, 0) is 24.0 Å². The smallest absolute Gasteiger partial charge is 0.257 e. The number of para-hydroxylation sites is 1.